The Kier molecular flexibility index (Phi) is 6.27. The molecule has 0 aliphatic heterocycles. The molecule has 0 aromatic heterocycles. The number of non-ortho nitro benzene ring substituents is 1. The van der Waals surface area contributed by atoms with E-state index in [0.717, 1.165) is 6.92 Å². The summed E-state index contributed by atoms with van der Waals surface area (Å²) in [5.74, 6) is -1.40. The minimum Gasteiger partial charge on any atom is -0.458 e. The molecular formula is C15H22N2O7S. The van der Waals surface area contributed by atoms with Crippen molar-refractivity contribution in [3.05, 3.63) is 39.9 Å². The van der Waals surface area contributed by atoms with Crippen LogP contribution in [0.5, 0.6) is 0 Å². The summed E-state index contributed by atoms with van der Waals surface area (Å²) in [7, 11) is -3.87. The summed E-state index contributed by atoms with van der Waals surface area (Å²) in [6.07, 6.45) is 0. The Bertz CT molecular complexity index is 734. The van der Waals surface area contributed by atoms with E-state index >= 15 is 0 Å². The highest BCUT2D eigenvalue weighted by atomic mass is 32.2. The zero-order valence-corrected chi connectivity index (χ0v) is 15.3. The second-order valence-electron chi connectivity index (χ2n) is 6.78. The average Bonchev–Trinajstić information content (AvgIpc) is 2.44. The molecule has 140 valence electrons. The first-order chi connectivity index (χ1) is 11.2. The summed E-state index contributed by atoms with van der Waals surface area (Å²) in [6.45, 7) is 5.46. The molecule has 1 aromatic carbocycles. The fourth-order valence-corrected chi connectivity index (χ4v) is 2.93. The number of sulfonamides is 1. The predicted octanol–water partition coefficient (Wildman–Crippen LogP) is 1.11. The van der Waals surface area contributed by atoms with Crippen molar-refractivity contribution in [2.75, 3.05) is 6.54 Å². The number of nitro groups is 1. The van der Waals surface area contributed by atoms with Crippen LogP contribution in [-0.4, -0.2) is 42.2 Å². The first-order valence-corrected chi connectivity index (χ1v) is 9.04. The standard InChI is InChI=1S/C15H22N2O7S/c1-14(2,3)24-13(18)15(4,19)10-16-25(22,23)9-11-5-7-12(8-6-11)17(20)21/h5-8,16,19H,9-10H2,1-4H3/t15-/m1/s1. The Balaban J connectivity index is 2.71. The van der Waals surface area contributed by atoms with Gasteiger partial charge in [-0.3, -0.25) is 10.1 Å². The number of carbonyl (C=O) groups is 1. The van der Waals surface area contributed by atoms with Gasteiger partial charge in [0.15, 0.2) is 5.60 Å². The molecule has 2 N–H and O–H groups in total. The molecule has 0 amide bonds. The van der Waals surface area contributed by atoms with Crippen molar-refractivity contribution >= 4 is 21.7 Å². The van der Waals surface area contributed by atoms with Crippen molar-refractivity contribution in [2.45, 2.75) is 44.6 Å². The maximum absolute atomic E-state index is 12.1. The van der Waals surface area contributed by atoms with E-state index in [2.05, 4.69) is 4.72 Å². The Morgan fingerprint density at radius 2 is 1.76 bits per heavy atom. The quantitative estimate of drug-likeness (QED) is 0.414. The van der Waals surface area contributed by atoms with E-state index in [-0.39, 0.29) is 5.69 Å². The van der Waals surface area contributed by atoms with Crippen LogP contribution >= 0.6 is 0 Å². The first kappa shape index (κ1) is 21.0. The van der Waals surface area contributed by atoms with Crippen LogP contribution < -0.4 is 4.72 Å². The second kappa shape index (κ2) is 7.46. The fourth-order valence-electron chi connectivity index (χ4n) is 1.70. The van der Waals surface area contributed by atoms with Gasteiger partial charge in [0.05, 0.1) is 10.7 Å². The van der Waals surface area contributed by atoms with E-state index < -0.39 is 44.4 Å². The third kappa shape index (κ3) is 7.16. The maximum atomic E-state index is 12.1. The van der Waals surface area contributed by atoms with E-state index in [0.29, 0.717) is 5.56 Å². The minimum absolute atomic E-state index is 0.151. The Labute approximate surface area is 146 Å². The molecule has 25 heavy (non-hydrogen) atoms. The predicted molar refractivity (Wildman–Crippen MR) is 90.2 cm³/mol. The number of hydrogen-bond donors (Lipinski definition) is 2. The van der Waals surface area contributed by atoms with Crippen molar-refractivity contribution in [2.24, 2.45) is 0 Å². The monoisotopic (exact) mass is 374 g/mol. The summed E-state index contributed by atoms with van der Waals surface area (Å²) >= 11 is 0. The minimum atomic E-state index is -3.87. The van der Waals surface area contributed by atoms with Gasteiger partial charge in [-0.15, -0.1) is 0 Å². The van der Waals surface area contributed by atoms with Gasteiger partial charge < -0.3 is 9.84 Å². The lowest BCUT2D eigenvalue weighted by atomic mass is 10.1. The molecule has 0 saturated carbocycles. The molecule has 0 heterocycles. The lowest BCUT2D eigenvalue weighted by Gasteiger charge is -2.27. The first-order valence-electron chi connectivity index (χ1n) is 7.38. The lowest BCUT2D eigenvalue weighted by Crippen LogP contribution is -2.49. The molecule has 1 rings (SSSR count). The fraction of sp³-hybridized carbons (Fsp3) is 0.533. The number of nitro benzene ring substituents is 1. The van der Waals surface area contributed by atoms with E-state index in [9.17, 15) is 28.4 Å². The Morgan fingerprint density at radius 1 is 1.24 bits per heavy atom. The van der Waals surface area contributed by atoms with Crippen molar-refractivity contribution in [3.63, 3.8) is 0 Å². The number of esters is 1. The van der Waals surface area contributed by atoms with Gasteiger partial charge in [0.25, 0.3) is 5.69 Å². The molecule has 0 radical (unpaired) electrons. The van der Waals surface area contributed by atoms with Crippen LogP contribution in [0.3, 0.4) is 0 Å². The Morgan fingerprint density at radius 3 is 2.20 bits per heavy atom. The van der Waals surface area contributed by atoms with E-state index in [1.165, 1.54) is 24.3 Å². The van der Waals surface area contributed by atoms with E-state index in [4.69, 9.17) is 4.74 Å². The van der Waals surface area contributed by atoms with Gasteiger partial charge >= 0.3 is 5.97 Å². The average molecular weight is 374 g/mol. The van der Waals surface area contributed by atoms with Crippen LogP contribution in [-0.2, 0) is 25.3 Å². The highest BCUT2D eigenvalue weighted by Gasteiger charge is 2.36. The zero-order valence-electron chi connectivity index (χ0n) is 14.5. The second-order valence-corrected chi connectivity index (χ2v) is 8.59. The topological polar surface area (TPSA) is 136 Å². The maximum Gasteiger partial charge on any atom is 0.339 e. The van der Waals surface area contributed by atoms with E-state index in [1.807, 2.05) is 0 Å². The highest BCUT2D eigenvalue weighted by molar-refractivity contribution is 7.88. The molecule has 0 saturated heterocycles. The van der Waals surface area contributed by atoms with Gasteiger partial charge in [-0.05, 0) is 33.3 Å². The largest absolute Gasteiger partial charge is 0.458 e. The summed E-state index contributed by atoms with van der Waals surface area (Å²) in [5, 5.41) is 20.7. The molecule has 0 bridgehead atoms. The number of aliphatic hydroxyl groups is 1. The molecular weight excluding hydrogens is 352 g/mol. The summed E-state index contributed by atoms with van der Waals surface area (Å²) in [5.41, 5.74) is -2.67. The van der Waals surface area contributed by atoms with Gasteiger partial charge in [0, 0.05) is 18.7 Å². The third-order valence-corrected chi connectivity index (χ3v) is 4.28. The zero-order chi connectivity index (χ0) is 19.5. The van der Waals surface area contributed by atoms with Crippen molar-refractivity contribution in [1.29, 1.82) is 0 Å². The van der Waals surface area contributed by atoms with Crippen LogP contribution in [0.4, 0.5) is 5.69 Å². The van der Waals surface area contributed by atoms with Crippen LogP contribution in [0.2, 0.25) is 0 Å². The molecule has 0 spiro atoms. The normalized spacial score (nSPS) is 14.6. The molecule has 0 aliphatic carbocycles. The number of hydrogen-bond acceptors (Lipinski definition) is 7. The molecule has 1 atom stereocenters. The smallest absolute Gasteiger partial charge is 0.339 e. The number of nitrogens with zero attached hydrogens (tertiary/aromatic N) is 1. The Hall–Kier alpha value is -2.04. The third-order valence-electron chi connectivity index (χ3n) is 2.98. The molecule has 1 aromatic rings. The van der Waals surface area contributed by atoms with Gasteiger partial charge in [-0.1, -0.05) is 12.1 Å². The number of ether oxygens (including phenoxy) is 1. The van der Waals surface area contributed by atoms with Crippen LogP contribution in [0.15, 0.2) is 24.3 Å². The van der Waals surface area contributed by atoms with Crippen LogP contribution in [0.1, 0.15) is 33.3 Å². The van der Waals surface area contributed by atoms with Crippen molar-refractivity contribution in [3.8, 4) is 0 Å². The summed E-state index contributed by atoms with van der Waals surface area (Å²) in [6, 6.07) is 5.04. The van der Waals surface area contributed by atoms with Gasteiger partial charge in [0.1, 0.15) is 5.60 Å². The molecule has 10 heteroatoms. The number of rotatable bonds is 7. The molecule has 0 unspecified atom stereocenters. The molecule has 0 aliphatic rings. The van der Waals surface area contributed by atoms with Crippen LogP contribution in [0, 0.1) is 10.1 Å². The molecule has 9 nitrogen and oxygen atoms in total. The van der Waals surface area contributed by atoms with Gasteiger partial charge in [0.2, 0.25) is 10.0 Å². The van der Waals surface area contributed by atoms with Crippen molar-refractivity contribution in [1.82, 2.24) is 4.72 Å². The highest BCUT2D eigenvalue weighted by Crippen LogP contribution is 2.16. The SMILES string of the molecule is CC(C)(C)OC(=O)[C@](C)(O)CNS(=O)(=O)Cc1ccc([N+](=O)[O-])cc1. The number of nitrogens with one attached hydrogen (secondary N) is 1. The lowest BCUT2D eigenvalue weighted by molar-refractivity contribution is -0.384. The van der Waals surface area contributed by atoms with Gasteiger partial charge in [-0.2, -0.15) is 0 Å². The number of carbonyl (C=O) groups excluding carboxylic acids is 1. The van der Waals surface area contributed by atoms with Crippen LogP contribution in [0.25, 0.3) is 0 Å². The van der Waals surface area contributed by atoms with E-state index in [1.54, 1.807) is 20.8 Å². The number of benzene rings is 1. The van der Waals surface area contributed by atoms with Gasteiger partial charge in [-0.25, -0.2) is 17.9 Å². The summed E-state index contributed by atoms with van der Waals surface area (Å²) in [4.78, 5) is 21.9. The molecule has 0 fully saturated rings. The van der Waals surface area contributed by atoms with Crippen molar-refractivity contribution < 1.29 is 28.0 Å². The summed E-state index contributed by atoms with van der Waals surface area (Å²) < 4.78 is 31.3.